The van der Waals surface area contributed by atoms with Crippen LogP contribution in [0, 0.1) is 13.8 Å². The molecule has 0 aliphatic heterocycles. The molecule has 1 saturated carbocycles. The number of hydrogen-bond acceptors (Lipinski definition) is 3. The molecule has 1 aromatic heterocycles. The molecular weight excluding hydrogens is 250 g/mol. The number of rotatable bonds is 3. The summed E-state index contributed by atoms with van der Waals surface area (Å²) in [5.74, 6) is -1.18. The Balaban J connectivity index is 2.20. The first kappa shape index (κ1) is 13.1. The van der Waals surface area contributed by atoms with E-state index in [1.165, 1.54) is 0 Å². The van der Waals surface area contributed by atoms with Crippen molar-refractivity contribution in [2.24, 2.45) is 0 Å². The van der Waals surface area contributed by atoms with Gasteiger partial charge in [-0.2, -0.15) is 0 Å². The van der Waals surface area contributed by atoms with Crippen molar-refractivity contribution in [1.29, 1.82) is 0 Å². The van der Waals surface area contributed by atoms with Crippen LogP contribution in [-0.4, -0.2) is 22.5 Å². The fourth-order valence-corrected chi connectivity index (χ4v) is 3.43. The molecule has 0 saturated heterocycles. The molecular formula is C13H17NO3S. The summed E-state index contributed by atoms with van der Waals surface area (Å²) >= 11 is 1.55. The maximum absolute atomic E-state index is 12.2. The van der Waals surface area contributed by atoms with E-state index < -0.39 is 11.5 Å². The lowest BCUT2D eigenvalue weighted by Gasteiger charge is -2.25. The number of carbonyl (C=O) groups excluding carboxylic acids is 1. The van der Waals surface area contributed by atoms with Gasteiger partial charge in [0.2, 0.25) is 0 Å². The Morgan fingerprint density at radius 2 is 1.94 bits per heavy atom. The molecule has 1 amide bonds. The third-order valence-corrected chi connectivity index (χ3v) is 4.47. The van der Waals surface area contributed by atoms with Gasteiger partial charge in [-0.25, -0.2) is 4.79 Å². The molecule has 0 unspecified atom stereocenters. The van der Waals surface area contributed by atoms with Gasteiger partial charge in [0, 0.05) is 9.75 Å². The summed E-state index contributed by atoms with van der Waals surface area (Å²) in [6, 6.07) is 1.82. The smallest absolute Gasteiger partial charge is 0.329 e. The molecule has 18 heavy (non-hydrogen) atoms. The third-order valence-electron chi connectivity index (χ3n) is 3.50. The number of thiophene rings is 1. The molecule has 1 fully saturated rings. The highest BCUT2D eigenvalue weighted by Crippen LogP contribution is 2.31. The van der Waals surface area contributed by atoms with Crippen LogP contribution < -0.4 is 5.32 Å². The van der Waals surface area contributed by atoms with Crippen LogP contribution in [0.5, 0.6) is 0 Å². The van der Waals surface area contributed by atoms with Crippen LogP contribution in [-0.2, 0) is 4.79 Å². The highest BCUT2D eigenvalue weighted by atomic mass is 32.1. The fourth-order valence-electron chi connectivity index (χ4n) is 2.51. The Labute approximate surface area is 110 Å². The summed E-state index contributed by atoms with van der Waals surface area (Å²) in [6.45, 7) is 3.83. The van der Waals surface area contributed by atoms with Crippen LogP contribution in [0.4, 0.5) is 0 Å². The van der Waals surface area contributed by atoms with Gasteiger partial charge in [0.05, 0.1) is 5.56 Å². The average Bonchev–Trinajstić information content (AvgIpc) is 2.86. The van der Waals surface area contributed by atoms with Crippen LogP contribution >= 0.6 is 11.3 Å². The number of nitrogens with one attached hydrogen (secondary N) is 1. The molecule has 1 aliphatic carbocycles. The largest absolute Gasteiger partial charge is 0.480 e. The molecule has 2 rings (SSSR count). The molecule has 1 aliphatic rings. The fraction of sp³-hybridized carbons (Fsp3) is 0.538. The lowest BCUT2D eigenvalue weighted by molar-refractivity contribution is -0.144. The van der Waals surface area contributed by atoms with E-state index in [0.717, 1.165) is 22.6 Å². The number of amides is 1. The Hall–Kier alpha value is -1.36. The Kier molecular flexibility index (Phi) is 3.43. The summed E-state index contributed by atoms with van der Waals surface area (Å²) in [6.07, 6.45) is 2.76. The second kappa shape index (κ2) is 4.72. The molecule has 0 bridgehead atoms. The van der Waals surface area contributed by atoms with E-state index in [1.54, 1.807) is 11.3 Å². The average molecular weight is 267 g/mol. The Bertz CT molecular complexity index is 486. The van der Waals surface area contributed by atoms with Crippen molar-refractivity contribution in [2.45, 2.75) is 45.1 Å². The van der Waals surface area contributed by atoms with Gasteiger partial charge in [0.1, 0.15) is 5.54 Å². The third kappa shape index (κ3) is 2.27. The summed E-state index contributed by atoms with van der Waals surface area (Å²) in [4.78, 5) is 25.5. The van der Waals surface area contributed by atoms with Crippen molar-refractivity contribution in [3.8, 4) is 0 Å². The lowest BCUT2D eigenvalue weighted by atomic mass is 9.97. The van der Waals surface area contributed by atoms with Crippen LogP contribution in [0.15, 0.2) is 6.07 Å². The maximum Gasteiger partial charge on any atom is 0.329 e. The SMILES string of the molecule is Cc1cc(C(=O)NC2(C(=O)O)CCCC2)c(C)s1. The van der Waals surface area contributed by atoms with Gasteiger partial charge in [0.25, 0.3) is 5.91 Å². The van der Waals surface area contributed by atoms with Gasteiger partial charge in [0.15, 0.2) is 0 Å². The van der Waals surface area contributed by atoms with E-state index in [2.05, 4.69) is 5.32 Å². The van der Waals surface area contributed by atoms with Crippen molar-refractivity contribution in [3.05, 3.63) is 21.4 Å². The number of aliphatic carboxylic acids is 1. The van der Waals surface area contributed by atoms with Crippen molar-refractivity contribution in [3.63, 3.8) is 0 Å². The number of carboxylic acid groups (broad SMARTS) is 1. The van der Waals surface area contributed by atoms with Gasteiger partial charge in [-0.05, 0) is 32.8 Å². The number of hydrogen-bond donors (Lipinski definition) is 2. The lowest BCUT2D eigenvalue weighted by Crippen LogP contribution is -2.52. The quantitative estimate of drug-likeness (QED) is 0.884. The molecule has 1 aromatic rings. The van der Waals surface area contributed by atoms with Crippen LogP contribution in [0.3, 0.4) is 0 Å². The molecule has 0 aromatic carbocycles. The van der Waals surface area contributed by atoms with E-state index in [1.807, 2.05) is 19.9 Å². The Morgan fingerprint density at radius 1 is 1.33 bits per heavy atom. The minimum absolute atomic E-state index is 0.263. The number of carbonyl (C=O) groups is 2. The zero-order valence-corrected chi connectivity index (χ0v) is 11.4. The number of aryl methyl sites for hydroxylation is 2. The normalized spacial score (nSPS) is 17.7. The maximum atomic E-state index is 12.2. The summed E-state index contributed by atoms with van der Waals surface area (Å²) in [5, 5.41) is 12.1. The first-order valence-electron chi connectivity index (χ1n) is 6.07. The molecule has 2 N–H and O–H groups in total. The van der Waals surface area contributed by atoms with Gasteiger partial charge in [-0.15, -0.1) is 11.3 Å². The molecule has 0 atom stereocenters. The molecule has 0 spiro atoms. The van der Waals surface area contributed by atoms with Crippen molar-refractivity contribution in [1.82, 2.24) is 5.32 Å². The summed E-state index contributed by atoms with van der Waals surface area (Å²) < 4.78 is 0. The van der Waals surface area contributed by atoms with Crippen molar-refractivity contribution in [2.75, 3.05) is 0 Å². The van der Waals surface area contributed by atoms with E-state index in [0.29, 0.717) is 18.4 Å². The van der Waals surface area contributed by atoms with E-state index >= 15 is 0 Å². The van der Waals surface area contributed by atoms with Gasteiger partial charge >= 0.3 is 5.97 Å². The highest BCUT2D eigenvalue weighted by Gasteiger charge is 2.42. The van der Waals surface area contributed by atoms with Crippen LogP contribution in [0.1, 0.15) is 45.8 Å². The minimum atomic E-state index is -1.06. The minimum Gasteiger partial charge on any atom is -0.480 e. The van der Waals surface area contributed by atoms with Crippen LogP contribution in [0.25, 0.3) is 0 Å². The van der Waals surface area contributed by atoms with E-state index in [-0.39, 0.29) is 5.91 Å². The second-order valence-corrected chi connectivity index (χ2v) is 6.34. The van der Waals surface area contributed by atoms with Crippen LogP contribution in [0.2, 0.25) is 0 Å². The first-order chi connectivity index (χ1) is 8.44. The van der Waals surface area contributed by atoms with Gasteiger partial charge in [-0.1, -0.05) is 12.8 Å². The number of carboxylic acids is 1. The van der Waals surface area contributed by atoms with Crippen molar-refractivity contribution < 1.29 is 14.7 Å². The van der Waals surface area contributed by atoms with E-state index in [9.17, 15) is 14.7 Å². The highest BCUT2D eigenvalue weighted by molar-refractivity contribution is 7.12. The zero-order chi connectivity index (χ0) is 13.3. The van der Waals surface area contributed by atoms with E-state index in [4.69, 9.17) is 0 Å². The molecule has 98 valence electrons. The van der Waals surface area contributed by atoms with Gasteiger partial charge < -0.3 is 10.4 Å². The molecule has 1 heterocycles. The monoisotopic (exact) mass is 267 g/mol. The molecule has 4 nitrogen and oxygen atoms in total. The van der Waals surface area contributed by atoms with Gasteiger partial charge in [-0.3, -0.25) is 4.79 Å². The topological polar surface area (TPSA) is 66.4 Å². The summed E-state index contributed by atoms with van der Waals surface area (Å²) in [5.41, 5.74) is -0.454. The Morgan fingerprint density at radius 3 is 2.39 bits per heavy atom. The molecule has 0 radical (unpaired) electrons. The predicted octanol–water partition coefficient (Wildman–Crippen LogP) is 2.49. The standard InChI is InChI=1S/C13H17NO3S/c1-8-7-10(9(2)18-8)11(15)14-13(12(16)17)5-3-4-6-13/h7H,3-6H2,1-2H3,(H,14,15)(H,16,17). The summed E-state index contributed by atoms with van der Waals surface area (Å²) in [7, 11) is 0. The van der Waals surface area contributed by atoms with Crippen molar-refractivity contribution >= 4 is 23.2 Å². The predicted molar refractivity (Wildman–Crippen MR) is 70.1 cm³/mol. The molecule has 5 heteroatoms. The first-order valence-corrected chi connectivity index (χ1v) is 6.89. The zero-order valence-electron chi connectivity index (χ0n) is 10.6. The second-order valence-electron chi connectivity index (χ2n) is 4.88.